The smallest absolute Gasteiger partial charge is 0.171 e. The molecule has 1 unspecified atom stereocenters. The fourth-order valence-electron chi connectivity index (χ4n) is 3.05. The number of carbonyl (C=O) groups excluding carboxylic acids is 2. The van der Waals surface area contributed by atoms with E-state index < -0.39 is 0 Å². The summed E-state index contributed by atoms with van der Waals surface area (Å²) in [5.74, 6) is 0.350. The van der Waals surface area contributed by atoms with Crippen molar-refractivity contribution in [1.29, 1.82) is 0 Å². The SMILES string of the molecule is COc1cc(O)c2c(c1)C1=C(CC2=O)C(=O)CC1C. The zero-order valence-corrected chi connectivity index (χ0v) is 10.8. The molecular weight excluding hydrogens is 244 g/mol. The van der Waals surface area contributed by atoms with Crippen molar-refractivity contribution in [3.05, 3.63) is 28.8 Å². The molecule has 0 heterocycles. The predicted octanol–water partition coefficient (Wildman–Crippen LogP) is 2.35. The van der Waals surface area contributed by atoms with Gasteiger partial charge in [0.2, 0.25) is 0 Å². The second kappa shape index (κ2) is 3.95. The van der Waals surface area contributed by atoms with Gasteiger partial charge in [0.05, 0.1) is 12.7 Å². The van der Waals surface area contributed by atoms with Crippen LogP contribution in [-0.2, 0) is 4.79 Å². The quantitative estimate of drug-likeness (QED) is 0.839. The molecule has 4 heteroatoms. The van der Waals surface area contributed by atoms with Crippen molar-refractivity contribution in [2.24, 2.45) is 5.92 Å². The number of rotatable bonds is 1. The molecule has 0 bridgehead atoms. The number of allylic oxidation sites excluding steroid dienone is 2. The second-order valence-corrected chi connectivity index (χ2v) is 5.09. The molecule has 3 rings (SSSR count). The molecule has 19 heavy (non-hydrogen) atoms. The largest absolute Gasteiger partial charge is 0.507 e. The minimum absolute atomic E-state index is 0.0452. The van der Waals surface area contributed by atoms with E-state index in [-0.39, 0.29) is 29.7 Å². The summed E-state index contributed by atoms with van der Waals surface area (Å²) < 4.78 is 5.13. The summed E-state index contributed by atoms with van der Waals surface area (Å²) in [6.07, 6.45) is 0.542. The number of ether oxygens (including phenoxy) is 1. The number of hydrogen-bond acceptors (Lipinski definition) is 4. The van der Waals surface area contributed by atoms with Crippen molar-refractivity contribution in [1.82, 2.24) is 0 Å². The average molecular weight is 258 g/mol. The van der Waals surface area contributed by atoms with Crippen molar-refractivity contribution in [2.75, 3.05) is 7.11 Å². The predicted molar refractivity (Wildman–Crippen MR) is 69.3 cm³/mol. The zero-order chi connectivity index (χ0) is 13.7. The Labute approximate surface area is 110 Å². The number of ketones is 2. The summed E-state index contributed by atoms with van der Waals surface area (Å²) in [4.78, 5) is 24.0. The molecule has 1 aromatic rings. The van der Waals surface area contributed by atoms with E-state index in [0.717, 1.165) is 5.57 Å². The molecule has 0 radical (unpaired) electrons. The Kier molecular flexibility index (Phi) is 2.49. The molecule has 0 spiro atoms. The maximum absolute atomic E-state index is 12.1. The summed E-state index contributed by atoms with van der Waals surface area (Å²) in [7, 11) is 1.50. The number of phenols is 1. The lowest BCUT2D eigenvalue weighted by Gasteiger charge is -2.21. The highest BCUT2D eigenvalue weighted by Gasteiger charge is 2.38. The molecule has 98 valence electrons. The number of fused-ring (bicyclic) bond motifs is 2. The number of aromatic hydroxyl groups is 1. The fourth-order valence-corrected chi connectivity index (χ4v) is 3.05. The van der Waals surface area contributed by atoms with Crippen molar-refractivity contribution >= 4 is 17.1 Å². The highest BCUT2D eigenvalue weighted by Crippen LogP contribution is 2.46. The topological polar surface area (TPSA) is 63.6 Å². The summed E-state index contributed by atoms with van der Waals surface area (Å²) >= 11 is 0. The molecule has 2 aliphatic carbocycles. The molecule has 4 nitrogen and oxygen atoms in total. The van der Waals surface area contributed by atoms with Crippen LogP contribution in [-0.4, -0.2) is 23.8 Å². The first kappa shape index (κ1) is 12.0. The van der Waals surface area contributed by atoms with E-state index in [2.05, 4.69) is 0 Å². The summed E-state index contributed by atoms with van der Waals surface area (Å²) in [5.41, 5.74) is 2.48. The Morgan fingerprint density at radius 1 is 1.26 bits per heavy atom. The normalized spacial score (nSPS) is 21.5. The Balaban J connectivity index is 2.31. The van der Waals surface area contributed by atoms with E-state index in [1.165, 1.54) is 13.2 Å². The van der Waals surface area contributed by atoms with Gasteiger partial charge in [-0.1, -0.05) is 6.92 Å². The minimum atomic E-state index is -0.198. The van der Waals surface area contributed by atoms with E-state index in [1.807, 2.05) is 6.92 Å². The van der Waals surface area contributed by atoms with Crippen molar-refractivity contribution < 1.29 is 19.4 Å². The molecule has 1 N–H and O–H groups in total. The Bertz CT molecular complexity index is 640. The third-order valence-electron chi connectivity index (χ3n) is 3.88. The van der Waals surface area contributed by atoms with Gasteiger partial charge in [-0.25, -0.2) is 0 Å². The van der Waals surface area contributed by atoms with E-state index in [9.17, 15) is 14.7 Å². The van der Waals surface area contributed by atoms with Gasteiger partial charge in [-0.05, 0) is 23.1 Å². The zero-order valence-electron chi connectivity index (χ0n) is 10.8. The van der Waals surface area contributed by atoms with Crippen molar-refractivity contribution in [3.63, 3.8) is 0 Å². The van der Waals surface area contributed by atoms with Crippen molar-refractivity contribution in [2.45, 2.75) is 19.8 Å². The lowest BCUT2D eigenvalue weighted by molar-refractivity contribution is -0.115. The highest BCUT2D eigenvalue weighted by atomic mass is 16.5. The third-order valence-corrected chi connectivity index (χ3v) is 3.88. The molecule has 1 atom stereocenters. The van der Waals surface area contributed by atoms with Gasteiger partial charge in [0, 0.05) is 24.5 Å². The minimum Gasteiger partial charge on any atom is -0.507 e. The first-order valence-electron chi connectivity index (χ1n) is 6.23. The molecule has 0 saturated carbocycles. The Morgan fingerprint density at radius 3 is 2.68 bits per heavy atom. The van der Waals surface area contributed by atoms with E-state index in [1.54, 1.807) is 6.07 Å². The third kappa shape index (κ3) is 1.59. The average Bonchev–Trinajstić information content (AvgIpc) is 2.64. The Hall–Kier alpha value is -2.10. The van der Waals surface area contributed by atoms with Crippen LogP contribution in [0, 0.1) is 5.92 Å². The van der Waals surface area contributed by atoms with Crippen LogP contribution in [0.25, 0.3) is 5.57 Å². The number of benzene rings is 1. The second-order valence-electron chi connectivity index (χ2n) is 5.09. The standard InChI is InChI=1S/C15H14O4/c1-7-3-11(16)9-6-13(18)15-10(14(7)9)4-8(19-2)5-12(15)17/h4-5,7,17H,3,6H2,1-2H3. The van der Waals surface area contributed by atoms with Crippen LogP contribution >= 0.6 is 0 Å². The maximum Gasteiger partial charge on any atom is 0.171 e. The van der Waals surface area contributed by atoms with Gasteiger partial charge in [-0.2, -0.15) is 0 Å². The summed E-state index contributed by atoms with van der Waals surface area (Å²) in [6.45, 7) is 1.97. The number of methoxy groups -OCH3 is 1. The fraction of sp³-hybridized carbons (Fsp3) is 0.333. The molecule has 1 aromatic carbocycles. The molecule has 0 aliphatic heterocycles. The van der Waals surface area contributed by atoms with Gasteiger partial charge >= 0.3 is 0 Å². The molecule has 0 aromatic heterocycles. The van der Waals surface area contributed by atoms with Crippen LogP contribution < -0.4 is 4.74 Å². The van der Waals surface area contributed by atoms with E-state index in [0.29, 0.717) is 28.9 Å². The maximum atomic E-state index is 12.1. The number of phenolic OH excluding ortho intramolecular Hbond substituents is 1. The lowest BCUT2D eigenvalue weighted by atomic mass is 9.83. The van der Waals surface area contributed by atoms with Crippen LogP contribution in [0.4, 0.5) is 0 Å². The highest BCUT2D eigenvalue weighted by molar-refractivity contribution is 6.19. The van der Waals surface area contributed by atoms with Crippen LogP contribution in [0.1, 0.15) is 35.7 Å². The number of hydrogen-bond donors (Lipinski definition) is 1. The summed E-state index contributed by atoms with van der Waals surface area (Å²) in [5, 5.41) is 10.0. The molecule has 0 amide bonds. The van der Waals surface area contributed by atoms with Gasteiger partial charge in [0.15, 0.2) is 11.6 Å². The van der Waals surface area contributed by atoms with Crippen LogP contribution in [0.3, 0.4) is 0 Å². The molecular formula is C15H14O4. The van der Waals surface area contributed by atoms with Gasteiger partial charge in [0.25, 0.3) is 0 Å². The van der Waals surface area contributed by atoms with E-state index >= 15 is 0 Å². The molecule has 2 aliphatic rings. The van der Waals surface area contributed by atoms with Crippen LogP contribution in [0.5, 0.6) is 11.5 Å². The first-order chi connectivity index (χ1) is 9.02. The van der Waals surface area contributed by atoms with Gasteiger partial charge in [-0.15, -0.1) is 0 Å². The number of Topliss-reactive ketones (excluding diaryl/α,β-unsaturated/α-hetero) is 2. The van der Waals surface area contributed by atoms with Gasteiger partial charge in [0.1, 0.15) is 11.5 Å². The van der Waals surface area contributed by atoms with Crippen molar-refractivity contribution in [3.8, 4) is 11.5 Å². The van der Waals surface area contributed by atoms with Crippen LogP contribution in [0.2, 0.25) is 0 Å². The monoisotopic (exact) mass is 258 g/mol. The van der Waals surface area contributed by atoms with E-state index in [4.69, 9.17) is 4.74 Å². The lowest BCUT2D eigenvalue weighted by Crippen LogP contribution is -2.14. The van der Waals surface area contributed by atoms with Gasteiger partial charge in [-0.3, -0.25) is 9.59 Å². The first-order valence-corrected chi connectivity index (χ1v) is 6.23. The van der Waals surface area contributed by atoms with Gasteiger partial charge < -0.3 is 9.84 Å². The number of carbonyl (C=O) groups is 2. The molecule has 0 fully saturated rings. The summed E-state index contributed by atoms with van der Waals surface area (Å²) in [6, 6.07) is 3.17. The molecule has 0 saturated heterocycles. The Morgan fingerprint density at radius 2 is 2.00 bits per heavy atom. The van der Waals surface area contributed by atoms with Crippen LogP contribution in [0.15, 0.2) is 17.7 Å².